The largest absolute Gasteiger partial charge is 0.508 e. The van der Waals surface area contributed by atoms with Crippen LogP contribution in [0.15, 0.2) is 48.5 Å². The lowest BCUT2D eigenvalue weighted by molar-refractivity contribution is -0.142. The Labute approximate surface area is 451 Å². The number of carbonyl (C=O) groups excluding carboxylic acids is 8. The van der Waals surface area contributed by atoms with E-state index in [4.69, 9.17) is 17.2 Å². The summed E-state index contributed by atoms with van der Waals surface area (Å²) in [6.45, 7) is 6.27. The molecule has 432 valence electrons. The minimum Gasteiger partial charge on any atom is -0.508 e. The molecule has 2 aromatic carbocycles. The monoisotopic (exact) mass is 1100 g/mol. The number of benzene rings is 2. The highest BCUT2D eigenvalue weighted by atomic mass is 16.4. The van der Waals surface area contributed by atoms with Crippen LogP contribution in [0.1, 0.15) is 103 Å². The molecule has 10 unspecified atom stereocenters. The number of rotatable bonds is 36. The number of nitrogens with two attached hydrogens (primary N) is 3. The lowest BCUT2D eigenvalue weighted by Gasteiger charge is -2.28. The second-order valence-corrected chi connectivity index (χ2v) is 18.9. The summed E-state index contributed by atoms with van der Waals surface area (Å²) in [4.78, 5) is 145. The standard InChI is InChI=1S/C51H77N11O16/c1-5-27(2)42(50(76)56-28(3)43(69)55-29(4)44(70)60-38(25-31-14-18-33(64)19-15-31)48(74)59-37(51(77)78)11-7-9-23-53)62-49(75)39(26-41(67)68)61-46(72)35(10-6-8-22-52)58-47(73)36(20-21-40(65)66)57-45(71)34(54)24-30-12-16-32(63)17-13-30/h12-19,27-29,34-39,42,63-64H,5-11,20-26,52-54H2,1-4H3,(H,55,69)(H,56,76)(H,57,71)(H,58,73)(H,59,74)(H,60,70)(H,61,72)(H,62,75)(H,65,66)(H,67,68)(H,77,78). The van der Waals surface area contributed by atoms with Crippen LogP contribution in [-0.4, -0.2) is 158 Å². The van der Waals surface area contributed by atoms with Crippen LogP contribution >= 0.6 is 0 Å². The van der Waals surface area contributed by atoms with E-state index in [1.54, 1.807) is 13.8 Å². The smallest absolute Gasteiger partial charge is 0.326 e. The van der Waals surface area contributed by atoms with Gasteiger partial charge in [0.2, 0.25) is 47.3 Å². The normalized spacial score (nSPS) is 14.9. The molecule has 0 aromatic heterocycles. The topological polar surface area (TPSA) is 463 Å². The van der Waals surface area contributed by atoms with Gasteiger partial charge in [-0.05, 0) is 120 Å². The summed E-state index contributed by atoms with van der Waals surface area (Å²) >= 11 is 0. The average Bonchev–Trinajstić information content (AvgIpc) is 3.38. The van der Waals surface area contributed by atoms with E-state index in [2.05, 4.69) is 42.5 Å². The van der Waals surface area contributed by atoms with Gasteiger partial charge in [-0.3, -0.25) is 47.9 Å². The molecule has 0 spiro atoms. The number of nitrogens with one attached hydrogen (secondary N) is 8. The Morgan fingerprint density at radius 2 is 0.872 bits per heavy atom. The molecule has 10 atom stereocenters. The first-order valence-electron chi connectivity index (χ1n) is 25.6. The van der Waals surface area contributed by atoms with Gasteiger partial charge in [-0.2, -0.15) is 0 Å². The van der Waals surface area contributed by atoms with Gasteiger partial charge in [0.05, 0.1) is 12.5 Å². The molecule has 0 fully saturated rings. The fourth-order valence-electron chi connectivity index (χ4n) is 7.61. The van der Waals surface area contributed by atoms with E-state index >= 15 is 0 Å². The van der Waals surface area contributed by atoms with Crippen molar-refractivity contribution < 1.29 is 78.3 Å². The number of aliphatic carboxylic acids is 3. The predicted octanol–water partition coefficient (Wildman–Crippen LogP) is -2.14. The number of hydrogen-bond donors (Lipinski definition) is 16. The second-order valence-electron chi connectivity index (χ2n) is 18.9. The van der Waals surface area contributed by atoms with Crippen molar-refractivity contribution in [3.8, 4) is 11.5 Å². The number of amides is 8. The molecule has 0 aliphatic carbocycles. The van der Waals surface area contributed by atoms with Crippen molar-refractivity contribution in [2.45, 2.75) is 159 Å². The maximum absolute atomic E-state index is 13.9. The van der Waals surface area contributed by atoms with E-state index in [0.717, 1.165) is 0 Å². The molecular formula is C51H77N11O16. The molecule has 0 aliphatic heterocycles. The number of aromatic hydroxyl groups is 2. The maximum Gasteiger partial charge on any atom is 0.326 e. The highest BCUT2D eigenvalue weighted by Gasteiger charge is 2.36. The van der Waals surface area contributed by atoms with Crippen LogP contribution in [0.2, 0.25) is 0 Å². The van der Waals surface area contributed by atoms with Crippen molar-refractivity contribution in [1.82, 2.24) is 42.5 Å². The first-order valence-corrected chi connectivity index (χ1v) is 25.6. The molecule has 27 nitrogen and oxygen atoms in total. The number of carboxylic acid groups (broad SMARTS) is 3. The van der Waals surface area contributed by atoms with Gasteiger partial charge >= 0.3 is 17.9 Å². The zero-order chi connectivity index (χ0) is 58.6. The number of carboxylic acids is 3. The van der Waals surface area contributed by atoms with E-state index in [-0.39, 0.29) is 56.6 Å². The summed E-state index contributed by atoms with van der Waals surface area (Å²) in [6, 6.07) is -1.49. The Morgan fingerprint density at radius 1 is 0.462 bits per heavy atom. The van der Waals surface area contributed by atoms with Crippen LogP contribution in [0.5, 0.6) is 11.5 Å². The van der Waals surface area contributed by atoms with Crippen LogP contribution < -0.4 is 59.7 Å². The fraction of sp³-hybridized carbons (Fsp3) is 0.549. The first kappa shape index (κ1) is 66.2. The minimum absolute atomic E-state index is 0.0272. The molecule has 27 heteroatoms. The van der Waals surface area contributed by atoms with Gasteiger partial charge in [-0.1, -0.05) is 44.5 Å². The third kappa shape index (κ3) is 24.0. The zero-order valence-corrected chi connectivity index (χ0v) is 44.3. The van der Waals surface area contributed by atoms with Crippen molar-refractivity contribution in [2.24, 2.45) is 23.1 Å². The third-order valence-electron chi connectivity index (χ3n) is 12.5. The molecule has 19 N–H and O–H groups in total. The number of carbonyl (C=O) groups is 11. The van der Waals surface area contributed by atoms with Crippen LogP contribution in [0.25, 0.3) is 0 Å². The van der Waals surface area contributed by atoms with Gasteiger partial charge in [-0.15, -0.1) is 0 Å². The SMILES string of the molecule is CCC(C)C(NC(=O)C(CC(=O)O)NC(=O)C(CCCCN)NC(=O)C(CCC(=O)O)NC(=O)C(N)Cc1ccc(O)cc1)C(=O)NC(C)C(=O)NC(C)C(=O)NC(Cc1ccc(O)cc1)C(=O)NC(CCCCN)C(=O)O. The molecule has 0 aliphatic rings. The van der Waals surface area contributed by atoms with Crippen molar-refractivity contribution in [3.63, 3.8) is 0 Å². The Kier molecular flexibility index (Phi) is 28.8. The molecule has 8 amide bonds. The Bertz CT molecular complexity index is 2360. The van der Waals surface area contributed by atoms with Gasteiger partial charge < -0.3 is 85.3 Å². The zero-order valence-electron chi connectivity index (χ0n) is 44.3. The number of phenols is 2. The first-order chi connectivity index (χ1) is 36.8. The molecule has 0 radical (unpaired) electrons. The molecule has 0 saturated heterocycles. The summed E-state index contributed by atoms with van der Waals surface area (Å²) < 4.78 is 0. The molecule has 2 rings (SSSR count). The van der Waals surface area contributed by atoms with E-state index in [1.807, 2.05) is 0 Å². The van der Waals surface area contributed by atoms with E-state index in [0.29, 0.717) is 36.9 Å². The van der Waals surface area contributed by atoms with Gasteiger partial charge in [0.1, 0.15) is 59.8 Å². The summed E-state index contributed by atoms with van der Waals surface area (Å²) in [6.07, 6.45) is -0.565. The minimum atomic E-state index is -1.87. The fourth-order valence-corrected chi connectivity index (χ4v) is 7.61. The van der Waals surface area contributed by atoms with Crippen molar-refractivity contribution in [1.29, 1.82) is 0 Å². The third-order valence-corrected chi connectivity index (χ3v) is 12.5. The van der Waals surface area contributed by atoms with E-state index < -0.39 is 145 Å². The number of unbranched alkanes of at least 4 members (excludes halogenated alkanes) is 2. The molecular weight excluding hydrogens is 1020 g/mol. The van der Waals surface area contributed by atoms with E-state index in [1.165, 1.54) is 62.4 Å². The van der Waals surface area contributed by atoms with Gasteiger partial charge in [0, 0.05) is 12.8 Å². The van der Waals surface area contributed by atoms with Gasteiger partial charge in [0.25, 0.3) is 0 Å². The Hall–Kier alpha value is -7.91. The van der Waals surface area contributed by atoms with E-state index in [9.17, 15) is 78.3 Å². The summed E-state index contributed by atoms with van der Waals surface area (Å²) in [5.41, 5.74) is 18.3. The molecule has 2 aromatic rings. The molecule has 0 saturated carbocycles. The van der Waals surface area contributed by atoms with Crippen LogP contribution in [0.4, 0.5) is 0 Å². The lowest BCUT2D eigenvalue weighted by Crippen LogP contribution is -2.61. The molecule has 0 heterocycles. The highest BCUT2D eigenvalue weighted by molar-refractivity contribution is 5.99. The average molecular weight is 1100 g/mol. The van der Waals surface area contributed by atoms with Crippen molar-refractivity contribution >= 4 is 65.2 Å². The van der Waals surface area contributed by atoms with Crippen LogP contribution in [0.3, 0.4) is 0 Å². The molecule has 0 bridgehead atoms. The number of hydrogen-bond acceptors (Lipinski definition) is 16. The molecule has 78 heavy (non-hydrogen) atoms. The van der Waals surface area contributed by atoms with Crippen LogP contribution in [0, 0.1) is 5.92 Å². The quantitative estimate of drug-likeness (QED) is 0.0324. The Balaban J connectivity index is 2.26. The number of phenolic OH excluding ortho intramolecular Hbond substituents is 2. The van der Waals surface area contributed by atoms with Crippen molar-refractivity contribution in [3.05, 3.63) is 59.7 Å². The summed E-state index contributed by atoms with van der Waals surface area (Å²) in [5, 5.41) is 67.8. The van der Waals surface area contributed by atoms with Gasteiger partial charge in [-0.25, -0.2) is 4.79 Å². The predicted molar refractivity (Wildman–Crippen MR) is 280 cm³/mol. The summed E-state index contributed by atoms with van der Waals surface area (Å²) in [5.74, 6) is -12.5. The van der Waals surface area contributed by atoms with Crippen LogP contribution in [-0.2, 0) is 65.6 Å². The summed E-state index contributed by atoms with van der Waals surface area (Å²) in [7, 11) is 0. The Morgan fingerprint density at radius 3 is 1.36 bits per heavy atom. The lowest BCUT2D eigenvalue weighted by atomic mass is 9.97. The van der Waals surface area contributed by atoms with Crippen molar-refractivity contribution in [2.75, 3.05) is 13.1 Å². The highest BCUT2D eigenvalue weighted by Crippen LogP contribution is 2.15. The second kappa shape index (κ2) is 34.0. The maximum atomic E-state index is 13.9. The van der Waals surface area contributed by atoms with Gasteiger partial charge in [0.15, 0.2) is 0 Å².